The summed E-state index contributed by atoms with van der Waals surface area (Å²) in [4.78, 5) is 2.36. The van der Waals surface area contributed by atoms with E-state index >= 15 is 0 Å². The molecule has 0 amide bonds. The molecule has 2 N–H and O–H groups in total. The van der Waals surface area contributed by atoms with Gasteiger partial charge in [0.2, 0.25) is 0 Å². The van der Waals surface area contributed by atoms with Crippen molar-refractivity contribution in [1.29, 1.82) is 0 Å². The van der Waals surface area contributed by atoms with E-state index in [0.717, 1.165) is 21.3 Å². The SMILES string of the molecule is OCC1(c2cc(Br)ccc2O)CN(C(c2ccccc2)c2ccccc2)c2ccccc21. The van der Waals surface area contributed by atoms with Gasteiger partial charge in [-0.3, -0.25) is 0 Å². The maximum absolute atomic E-state index is 10.8. The molecule has 4 aromatic carbocycles. The molecule has 4 heteroatoms. The van der Waals surface area contributed by atoms with E-state index in [0.29, 0.717) is 6.54 Å². The Balaban J connectivity index is 1.73. The van der Waals surface area contributed by atoms with Gasteiger partial charge in [-0.05, 0) is 41.0 Å². The van der Waals surface area contributed by atoms with Crippen molar-refractivity contribution in [3.63, 3.8) is 0 Å². The molecule has 0 fully saturated rings. The molecule has 160 valence electrons. The van der Waals surface area contributed by atoms with Gasteiger partial charge >= 0.3 is 0 Å². The Labute approximate surface area is 196 Å². The Bertz CT molecular complexity index is 1190. The highest BCUT2D eigenvalue weighted by atomic mass is 79.9. The summed E-state index contributed by atoms with van der Waals surface area (Å²) in [6, 6.07) is 34.5. The number of anilines is 1. The highest BCUT2D eigenvalue weighted by Crippen LogP contribution is 2.51. The van der Waals surface area contributed by atoms with Gasteiger partial charge in [0.05, 0.1) is 18.1 Å². The van der Waals surface area contributed by atoms with E-state index in [1.165, 1.54) is 11.1 Å². The van der Waals surface area contributed by atoms with Crippen LogP contribution in [0.5, 0.6) is 5.75 Å². The summed E-state index contributed by atoms with van der Waals surface area (Å²) in [5.74, 6) is 0.190. The minimum absolute atomic E-state index is 0.0266. The molecule has 0 spiro atoms. The maximum atomic E-state index is 10.8. The fraction of sp³-hybridized carbons (Fsp3) is 0.143. The van der Waals surface area contributed by atoms with Crippen LogP contribution in [0.4, 0.5) is 5.69 Å². The zero-order valence-corrected chi connectivity index (χ0v) is 19.1. The smallest absolute Gasteiger partial charge is 0.119 e. The highest BCUT2D eigenvalue weighted by molar-refractivity contribution is 9.10. The predicted octanol–water partition coefficient (Wildman–Crippen LogP) is 6.04. The number of phenols is 1. The third-order valence-electron chi connectivity index (χ3n) is 6.46. The number of para-hydroxylation sites is 1. The lowest BCUT2D eigenvalue weighted by Gasteiger charge is -2.34. The second-order valence-electron chi connectivity index (χ2n) is 8.27. The Hall–Kier alpha value is -3.08. The highest BCUT2D eigenvalue weighted by Gasteiger charge is 2.47. The number of aliphatic hydroxyl groups excluding tert-OH is 1. The molecule has 4 aromatic rings. The van der Waals surface area contributed by atoms with Gasteiger partial charge < -0.3 is 15.1 Å². The topological polar surface area (TPSA) is 43.7 Å². The van der Waals surface area contributed by atoms with Crippen molar-refractivity contribution in [3.05, 3.63) is 130 Å². The lowest BCUT2D eigenvalue weighted by Crippen LogP contribution is -2.39. The van der Waals surface area contributed by atoms with Gasteiger partial charge in [0.25, 0.3) is 0 Å². The number of hydrogen-bond acceptors (Lipinski definition) is 3. The van der Waals surface area contributed by atoms with Gasteiger partial charge in [0.15, 0.2) is 0 Å². The van der Waals surface area contributed by atoms with Crippen molar-refractivity contribution >= 4 is 21.6 Å². The maximum Gasteiger partial charge on any atom is 0.119 e. The number of aromatic hydroxyl groups is 1. The number of rotatable bonds is 5. The summed E-state index contributed by atoms with van der Waals surface area (Å²) in [6.45, 7) is 0.433. The second kappa shape index (κ2) is 8.45. The van der Waals surface area contributed by atoms with E-state index in [1.807, 2.05) is 36.4 Å². The number of hydrogen-bond donors (Lipinski definition) is 2. The van der Waals surface area contributed by atoms with Gasteiger partial charge in [-0.15, -0.1) is 0 Å². The summed E-state index contributed by atoms with van der Waals surface area (Å²) >= 11 is 3.55. The Morgan fingerprint density at radius 1 is 0.781 bits per heavy atom. The van der Waals surface area contributed by atoms with Gasteiger partial charge in [0.1, 0.15) is 5.75 Å². The third-order valence-corrected chi connectivity index (χ3v) is 6.95. The molecule has 0 aromatic heterocycles. The molecule has 0 saturated heterocycles. The minimum Gasteiger partial charge on any atom is -0.508 e. The van der Waals surface area contributed by atoms with Crippen molar-refractivity contribution in [1.82, 2.24) is 0 Å². The first-order valence-corrected chi connectivity index (χ1v) is 11.5. The first kappa shape index (κ1) is 20.8. The molecule has 1 unspecified atom stereocenters. The normalized spacial score (nSPS) is 17.5. The molecule has 1 aliphatic rings. The van der Waals surface area contributed by atoms with Gasteiger partial charge in [-0.25, -0.2) is 0 Å². The zero-order valence-electron chi connectivity index (χ0n) is 17.5. The number of benzene rings is 4. The number of phenolic OH excluding ortho intramolecular Hbond substituents is 1. The molecule has 1 heterocycles. The van der Waals surface area contributed by atoms with Crippen molar-refractivity contribution in [2.45, 2.75) is 11.5 Å². The Kier molecular flexibility index (Phi) is 5.50. The molecule has 5 rings (SSSR count). The Morgan fingerprint density at radius 2 is 1.38 bits per heavy atom. The Morgan fingerprint density at radius 3 is 2.00 bits per heavy atom. The molecular formula is C28H24BrNO2. The largest absolute Gasteiger partial charge is 0.508 e. The predicted molar refractivity (Wildman–Crippen MR) is 132 cm³/mol. The van der Waals surface area contributed by atoms with Gasteiger partial charge in [-0.1, -0.05) is 94.8 Å². The number of fused-ring (bicyclic) bond motifs is 1. The van der Waals surface area contributed by atoms with Crippen molar-refractivity contribution in [2.24, 2.45) is 0 Å². The second-order valence-corrected chi connectivity index (χ2v) is 9.19. The van der Waals surface area contributed by atoms with Crippen LogP contribution in [0.15, 0.2) is 108 Å². The van der Waals surface area contributed by atoms with Gasteiger partial charge in [0, 0.05) is 22.3 Å². The van der Waals surface area contributed by atoms with Crippen molar-refractivity contribution in [3.8, 4) is 5.75 Å². The summed E-state index contributed by atoms with van der Waals surface area (Å²) in [7, 11) is 0. The van der Waals surface area contributed by atoms with E-state index in [2.05, 4.69) is 81.5 Å². The molecule has 0 radical (unpaired) electrons. The van der Waals surface area contributed by atoms with Crippen LogP contribution < -0.4 is 4.90 Å². The van der Waals surface area contributed by atoms with Crippen molar-refractivity contribution < 1.29 is 10.2 Å². The van der Waals surface area contributed by atoms with Crippen LogP contribution >= 0.6 is 15.9 Å². The van der Waals surface area contributed by atoms with E-state index in [1.54, 1.807) is 6.07 Å². The first-order valence-electron chi connectivity index (χ1n) is 10.7. The van der Waals surface area contributed by atoms with Gasteiger partial charge in [-0.2, -0.15) is 0 Å². The van der Waals surface area contributed by atoms with Crippen LogP contribution in [0, 0.1) is 0 Å². The fourth-order valence-electron chi connectivity index (χ4n) is 4.99. The zero-order chi connectivity index (χ0) is 22.1. The summed E-state index contributed by atoms with van der Waals surface area (Å²) in [5, 5.41) is 21.6. The number of halogens is 1. The quantitative estimate of drug-likeness (QED) is 0.362. The monoisotopic (exact) mass is 485 g/mol. The minimum atomic E-state index is -0.744. The molecular weight excluding hydrogens is 462 g/mol. The van der Waals surface area contributed by atoms with E-state index in [4.69, 9.17) is 0 Å². The molecule has 0 bridgehead atoms. The standard InChI is InChI=1S/C28H24BrNO2/c29-22-15-16-26(32)24(17-22)28(19-31)18-30(25-14-8-7-13-23(25)28)27(20-9-3-1-4-10-20)21-11-5-2-6-12-21/h1-17,27,31-32H,18-19H2. The van der Waals surface area contributed by atoms with E-state index in [-0.39, 0.29) is 18.4 Å². The summed E-state index contributed by atoms with van der Waals surface area (Å²) in [6.07, 6.45) is 0. The lowest BCUT2D eigenvalue weighted by atomic mass is 9.76. The average Bonchev–Trinajstić information content (AvgIpc) is 3.17. The summed E-state index contributed by atoms with van der Waals surface area (Å²) in [5.41, 5.74) is 4.43. The van der Waals surface area contributed by atoms with Crippen LogP contribution in [-0.4, -0.2) is 23.4 Å². The molecule has 1 atom stereocenters. The average molecular weight is 486 g/mol. The molecule has 1 aliphatic heterocycles. The van der Waals surface area contributed by atoms with E-state index < -0.39 is 5.41 Å². The lowest BCUT2D eigenvalue weighted by molar-refractivity contribution is 0.224. The summed E-state index contributed by atoms with van der Waals surface area (Å²) < 4.78 is 0.872. The van der Waals surface area contributed by atoms with Crippen LogP contribution in [-0.2, 0) is 5.41 Å². The fourth-order valence-corrected chi connectivity index (χ4v) is 5.35. The number of nitrogens with zero attached hydrogens (tertiary/aromatic N) is 1. The van der Waals surface area contributed by atoms with Crippen LogP contribution in [0.25, 0.3) is 0 Å². The number of aliphatic hydroxyl groups is 1. The molecule has 3 nitrogen and oxygen atoms in total. The molecule has 0 saturated carbocycles. The van der Waals surface area contributed by atoms with Crippen LogP contribution in [0.3, 0.4) is 0 Å². The van der Waals surface area contributed by atoms with Crippen molar-refractivity contribution in [2.75, 3.05) is 18.1 Å². The van der Waals surface area contributed by atoms with E-state index in [9.17, 15) is 10.2 Å². The van der Waals surface area contributed by atoms with Crippen LogP contribution in [0.2, 0.25) is 0 Å². The van der Waals surface area contributed by atoms with Crippen LogP contribution in [0.1, 0.15) is 28.3 Å². The first-order chi connectivity index (χ1) is 15.6. The molecule has 0 aliphatic carbocycles. The third kappa shape index (κ3) is 3.40. The molecule has 32 heavy (non-hydrogen) atoms.